The van der Waals surface area contributed by atoms with E-state index in [9.17, 15) is 13.2 Å². The van der Waals surface area contributed by atoms with E-state index >= 15 is 0 Å². The Balaban J connectivity index is 3.55. The lowest BCUT2D eigenvalue weighted by atomic mass is 10.4. The van der Waals surface area contributed by atoms with Gasteiger partial charge in [0.25, 0.3) is 5.95 Å². The molecule has 8 heteroatoms. The van der Waals surface area contributed by atoms with E-state index in [1.165, 1.54) is 22.6 Å². The molecule has 0 atom stereocenters. The fourth-order valence-corrected chi connectivity index (χ4v) is 1.07. The van der Waals surface area contributed by atoms with Crippen molar-refractivity contribution in [3.8, 4) is 0 Å². The summed E-state index contributed by atoms with van der Waals surface area (Å²) in [6.07, 6.45) is 0. The molecule has 0 amide bonds. The maximum absolute atomic E-state index is 12.8. The van der Waals surface area contributed by atoms with Crippen molar-refractivity contribution >= 4 is 28.3 Å². The number of halogens is 4. The van der Waals surface area contributed by atoms with E-state index in [0.717, 1.165) is 0 Å². The van der Waals surface area contributed by atoms with Gasteiger partial charge in [-0.15, -0.1) is 0 Å². The smallest absolute Gasteiger partial charge is 0.201 e. The summed E-state index contributed by atoms with van der Waals surface area (Å²) in [4.78, 5) is 4.85. The molecular formula is C5F3IN4. The van der Waals surface area contributed by atoms with E-state index in [0.29, 0.717) is 0 Å². The van der Waals surface area contributed by atoms with Crippen LogP contribution < -0.4 is 0 Å². The third kappa shape index (κ3) is 1.83. The van der Waals surface area contributed by atoms with Crippen LogP contribution in [0.4, 0.5) is 18.9 Å². The Morgan fingerprint density at radius 2 is 1.92 bits per heavy atom. The maximum Gasteiger partial charge on any atom is 0.252 e. The van der Waals surface area contributed by atoms with Gasteiger partial charge in [-0.3, -0.25) is 0 Å². The minimum absolute atomic E-state index is 0.352. The molecule has 0 fully saturated rings. The summed E-state index contributed by atoms with van der Waals surface area (Å²) < 4.78 is 37.5. The molecule has 0 aromatic carbocycles. The van der Waals surface area contributed by atoms with Crippen LogP contribution in [0.25, 0.3) is 10.4 Å². The molecule has 0 radical (unpaired) electrons. The first-order valence-electron chi connectivity index (χ1n) is 2.83. The highest BCUT2D eigenvalue weighted by atomic mass is 127. The zero-order valence-electron chi connectivity index (χ0n) is 5.80. The van der Waals surface area contributed by atoms with Gasteiger partial charge in [0.1, 0.15) is 0 Å². The van der Waals surface area contributed by atoms with Crippen LogP contribution in [-0.2, 0) is 0 Å². The van der Waals surface area contributed by atoms with Gasteiger partial charge in [-0.05, 0) is 28.1 Å². The van der Waals surface area contributed by atoms with Crippen LogP contribution in [-0.4, -0.2) is 4.98 Å². The average molecular weight is 300 g/mol. The molecule has 0 aliphatic rings. The first kappa shape index (κ1) is 10.1. The Hall–Kier alpha value is -1.02. The van der Waals surface area contributed by atoms with Crippen LogP contribution in [0.1, 0.15) is 0 Å². The summed E-state index contributed by atoms with van der Waals surface area (Å²) >= 11 is 1.36. The summed E-state index contributed by atoms with van der Waals surface area (Å²) in [7, 11) is 0. The number of azide groups is 1. The van der Waals surface area contributed by atoms with Crippen LogP contribution in [0.2, 0.25) is 0 Å². The number of pyridine rings is 1. The summed E-state index contributed by atoms with van der Waals surface area (Å²) in [6, 6.07) is 0. The number of hydrogen-bond acceptors (Lipinski definition) is 2. The van der Waals surface area contributed by atoms with E-state index in [4.69, 9.17) is 5.53 Å². The molecule has 0 bridgehead atoms. The van der Waals surface area contributed by atoms with Gasteiger partial charge in [-0.2, -0.15) is 13.8 Å². The van der Waals surface area contributed by atoms with Crippen molar-refractivity contribution in [1.82, 2.24) is 4.98 Å². The van der Waals surface area contributed by atoms with Crippen LogP contribution in [0.15, 0.2) is 5.11 Å². The lowest BCUT2D eigenvalue weighted by Gasteiger charge is -2.00. The second-order valence-electron chi connectivity index (χ2n) is 1.86. The quantitative estimate of drug-likeness (QED) is 0.258. The van der Waals surface area contributed by atoms with Gasteiger partial charge in [-0.1, -0.05) is 5.11 Å². The largest absolute Gasteiger partial charge is 0.252 e. The Morgan fingerprint density at radius 1 is 1.31 bits per heavy atom. The van der Waals surface area contributed by atoms with Crippen molar-refractivity contribution < 1.29 is 13.2 Å². The number of hydrogen-bond donors (Lipinski definition) is 0. The van der Waals surface area contributed by atoms with E-state index in [1.54, 1.807) is 0 Å². The molecule has 0 saturated heterocycles. The summed E-state index contributed by atoms with van der Waals surface area (Å²) in [6.45, 7) is 0. The minimum Gasteiger partial charge on any atom is -0.201 e. The van der Waals surface area contributed by atoms with E-state index in [2.05, 4.69) is 15.0 Å². The van der Waals surface area contributed by atoms with Gasteiger partial charge in [0, 0.05) is 4.91 Å². The standard InChI is InChI=1S/C5F3IN4/c6-1-3(12-13-10)2(9)5(8)11-4(1)7. The highest BCUT2D eigenvalue weighted by molar-refractivity contribution is 14.1. The minimum atomic E-state index is -1.62. The molecule has 0 aliphatic carbocycles. The Labute approximate surface area is 83.5 Å². The van der Waals surface area contributed by atoms with Crippen molar-refractivity contribution in [3.05, 3.63) is 31.7 Å². The molecule has 0 unspecified atom stereocenters. The van der Waals surface area contributed by atoms with Crippen LogP contribution in [0.3, 0.4) is 0 Å². The topological polar surface area (TPSA) is 61.7 Å². The predicted octanol–water partition coefficient (Wildman–Crippen LogP) is 3.05. The summed E-state index contributed by atoms with van der Waals surface area (Å²) in [5.74, 6) is -4.29. The molecule has 1 rings (SSSR count). The first-order chi connectivity index (χ1) is 6.07. The molecule has 13 heavy (non-hydrogen) atoms. The van der Waals surface area contributed by atoms with Crippen molar-refractivity contribution in [2.75, 3.05) is 0 Å². The zero-order valence-corrected chi connectivity index (χ0v) is 7.96. The normalized spacial score (nSPS) is 9.54. The SMILES string of the molecule is [N-]=[N+]=Nc1c(F)c(F)nc(F)c1I. The summed E-state index contributed by atoms with van der Waals surface area (Å²) in [5, 5.41) is 2.81. The molecule has 0 aliphatic heterocycles. The van der Waals surface area contributed by atoms with Gasteiger partial charge in [0.15, 0.2) is 5.82 Å². The molecule has 0 N–H and O–H groups in total. The first-order valence-corrected chi connectivity index (χ1v) is 3.91. The van der Waals surface area contributed by atoms with E-state index < -0.39 is 23.4 Å². The van der Waals surface area contributed by atoms with Gasteiger partial charge in [0.05, 0.1) is 9.26 Å². The number of aromatic nitrogens is 1. The van der Waals surface area contributed by atoms with Crippen LogP contribution in [0.5, 0.6) is 0 Å². The second-order valence-corrected chi connectivity index (χ2v) is 2.94. The molecule has 68 valence electrons. The molecule has 0 spiro atoms. The fourth-order valence-electron chi connectivity index (χ4n) is 0.609. The predicted molar refractivity (Wildman–Crippen MR) is 45.6 cm³/mol. The van der Waals surface area contributed by atoms with Crippen LogP contribution >= 0.6 is 22.6 Å². The van der Waals surface area contributed by atoms with Gasteiger partial charge in [-0.25, -0.2) is 4.39 Å². The van der Waals surface area contributed by atoms with E-state index in [1.807, 2.05) is 0 Å². The monoisotopic (exact) mass is 300 g/mol. The Morgan fingerprint density at radius 3 is 2.46 bits per heavy atom. The highest BCUT2D eigenvalue weighted by Crippen LogP contribution is 2.27. The lowest BCUT2D eigenvalue weighted by molar-refractivity contribution is 0.446. The zero-order chi connectivity index (χ0) is 10.0. The molecule has 4 nitrogen and oxygen atoms in total. The van der Waals surface area contributed by atoms with Crippen molar-refractivity contribution in [2.24, 2.45) is 5.11 Å². The number of rotatable bonds is 1. The second kappa shape index (κ2) is 3.79. The van der Waals surface area contributed by atoms with Crippen molar-refractivity contribution in [1.29, 1.82) is 0 Å². The summed E-state index contributed by atoms with van der Waals surface area (Å²) in [5.41, 5.74) is 7.26. The Bertz CT molecular complexity index is 375. The maximum atomic E-state index is 12.8. The van der Waals surface area contributed by atoms with Crippen molar-refractivity contribution in [2.45, 2.75) is 0 Å². The van der Waals surface area contributed by atoms with Crippen LogP contribution in [0, 0.1) is 21.3 Å². The molecular weight excluding hydrogens is 300 g/mol. The molecule has 1 aromatic heterocycles. The van der Waals surface area contributed by atoms with Gasteiger partial charge >= 0.3 is 0 Å². The third-order valence-corrected chi connectivity index (χ3v) is 2.08. The number of nitrogens with zero attached hydrogens (tertiary/aromatic N) is 4. The third-order valence-electron chi connectivity index (χ3n) is 1.12. The van der Waals surface area contributed by atoms with E-state index in [-0.39, 0.29) is 3.57 Å². The van der Waals surface area contributed by atoms with Crippen molar-refractivity contribution in [3.63, 3.8) is 0 Å². The molecule has 0 saturated carbocycles. The molecule has 1 aromatic rings. The Kier molecular flexibility index (Phi) is 2.94. The lowest BCUT2D eigenvalue weighted by Crippen LogP contribution is -1.97. The van der Waals surface area contributed by atoms with Gasteiger partial charge < -0.3 is 0 Å². The fraction of sp³-hybridized carbons (Fsp3) is 0. The highest BCUT2D eigenvalue weighted by Gasteiger charge is 2.17. The molecule has 1 heterocycles. The average Bonchev–Trinajstić information content (AvgIpc) is 2.09. The van der Waals surface area contributed by atoms with Gasteiger partial charge in [0.2, 0.25) is 5.95 Å².